The van der Waals surface area contributed by atoms with E-state index in [-0.39, 0.29) is 0 Å². The summed E-state index contributed by atoms with van der Waals surface area (Å²) in [6.45, 7) is 2.10. The van der Waals surface area contributed by atoms with E-state index >= 15 is 0 Å². The number of thioether (sulfide) groups is 1. The SMILES string of the molecule is Cc1cc(N)ccc1SCc1cc(Br)cs1. The molecule has 0 fully saturated rings. The number of aryl methyl sites for hydroxylation is 1. The van der Waals surface area contributed by atoms with Crippen molar-refractivity contribution < 1.29 is 0 Å². The highest BCUT2D eigenvalue weighted by molar-refractivity contribution is 9.10. The molecule has 2 rings (SSSR count). The first kappa shape index (κ1) is 12.0. The van der Waals surface area contributed by atoms with Gasteiger partial charge in [0.25, 0.3) is 0 Å². The third-order valence-corrected chi connectivity index (χ3v) is 5.30. The molecule has 16 heavy (non-hydrogen) atoms. The van der Waals surface area contributed by atoms with Gasteiger partial charge in [-0.15, -0.1) is 23.1 Å². The molecule has 1 heterocycles. The molecule has 0 saturated heterocycles. The lowest BCUT2D eigenvalue weighted by molar-refractivity contribution is 1.30. The molecule has 0 aliphatic rings. The van der Waals surface area contributed by atoms with Gasteiger partial charge in [0.1, 0.15) is 0 Å². The number of benzene rings is 1. The van der Waals surface area contributed by atoms with Crippen molar-refractivity contribution in [3.05, 3.63) is 44.6 Å². The van der Waals surface area contributed by atoms with E-state index in [0.717, 1.165) is 11.4 Å². The first-order valence-electron chi connectivity index (χ1n) is 4.87. The van der Waals surface area contributed by atoms with Crippen LogP contribution in [0.15, 0.2) is 39.0 Å². The van der Waals surface area contributed by atoms with Crippen molar-refractivity contribution in [3.8, 4) is 0 Å². The third-order valence-electron chi connectivity index (χ3n) is 2.19. The molecule has 2 aromatic rings. The maximum atomic E-state index is 5.72. The normalized spacial score (nSPS) is 10.6. The summed E-state index contributed by atoms with van der Waals surface area (Å²) >= 11 is 7.11. The summed E-state index contributed by atoms with van der Waals surface area (Å²) in [4.78, 5) is 2.69. The largest absolute Gasteiger partial charge is 0.399 e. The number of hydrogen-bond acceptors (Lipinski definition) is 3. The predicted octanol–water partition coefficient (Wildman–Crippen LogP) is 4.69. The Morgan fingerprint density at radius 1 is 1.38 bits per heavy atom. The molecule has 1 nitrogen and oxygen atoms in total. The molecule has 0 atom stereocenters. The van der Waals surface area contributed by atoms with Gasteiger partial charge in [-0.1, -0.05) is 0 Å². The van der Waals surface area contributed by atoms with Gasteiger partial charge in [-0.25, -0.2) is 0 Å². The topological polar surface area (TPSA) is 26.0 Å². The molecule has 1 aromatic heterocycles. The molecule has 4 heteroatoms. The first-order valence-corrected chi connectivity index (χ1v) is 7.53. The van der Waals surface area contributed by atoms with Crippen LogP contribution in [0.25, 0.3) is 0 Å². The second-order valence-corrected chi connectivity index (χ2v) is 6.47. The smallest absolute Gasteiger partial charge is 0.0326 e. The van der Waals surface area contributed by atoms with E-state index in [4.69, 9.17) is 5.73 Å². The third kappa shape index (κ3) is 3.03. The highest BCUT2D eigenvalue weighted by Gasteiger charge is 2.02. The molecule has 2 N–H and O–H groups in total. The van der Waals surface area contributed by atoms with Crippen LogP contribution in [-0.4, -0.2) is 0 Å². The molecular weight excluding hydrogens is 302 g/mol. The number of anilines is 1. The number of thiophene rings is 1. The van der Waals surface area contributed by atoms with E-state index in [1.807, 2.05) is 23.9 Å². The van der Waals surface area contributed by atoms with Gasteiger partial charge in [-0.05, 0) is 52.7 Å². The van der Waals surface area contributed by atoms with Gasteiger partial charge in [-0.2, -0.15) is 0 Å². The predicted molar refractivity (Wildman–Crippen MR) is 77.2 cm³/mol. The molecule has 0 spiro atoms. The van der Waals surface area contributed by atoms with Crippen molar-refractivity contribution in [2.45, 2.75) is 17.6 Å². The Kier molecular flexibility index (Phi) is 3.95. The molecular formula is C12H12BrNS2. The number of hydrogen-bond donors (Lipinski definition) is 1. The zero-order chi connectivity index (χ0) is 11.5. The van der Waals surface area contributed by atoms with Crippen molar-refractivity contribution in [2.75, 3.05) is 5.73 Å². The van der Waals surface area contributed by atoms with Crippen LogP contribution in [0, 0.1) is 6.92 Å². The Balaban J connectivity index is 2.04. The lowest BCUT2D eigenvalue weighted by Crippen LogP contribution is -1.87. The standard InChI is InChI=1S/C12H12BrNS2/c1-8-4-10(14)2-3-12(8)16-7-11-5-9(13)6-15-11/h2-6H,7,14H2,1H3. The average molecular weight is 314 g/mol. The van der Waals surface area contributed by atoms with Crippen molar-refractivity contribution in [1.29, 1.82) is 0 Å². The number of nitrogens with two attached hydrogens (primary N) is 1. The average Bonchev–Trinajstić information content (AvgIpc) is 2.63. The van der Waals surface area contributed by atoms with E-state index < -0.39 is 0 Å². The molecule has 0 unspecified atom stereocenters. The van der Waals surface area contributed by atoms with E-state index in [0.29, 0.717) is 0 Å². The summed E-state index contributed by atoms with van der Waals surface area (Å²) in [6.07, 6.45) is 0. The van der Waals surface area contributed by atoms with E-state index in [1.54, 1.807) is 11.3 Å². The second kappa shape index (κ2) is 5.25. The minimum atomic E-state index is 0.834. The van der Waals surface area contributed by atoms with Crippen LogP contribution in [-0.2, 0) is 5.75 Å². The second-order valence-electron chi connectivity index (χ2n) is 3.54. The quantitative estimate of drug-likeness (QED) is 0.657. The Hall–Kier alpha value is -0.450. The van der Waals surface area contributed by atoms with Crippen molar-refractivity contribution in [3.63, 3.8) is 0 Å². The number of halogens is 1. The van der Waals surface area contributed by atoms with E-state index in [9.17, 15) is 0 Å². The Labute approximate surface area is 112 Å². The lowest BCUT2D eigenvalue weighted by atomic mass is 10.2. The van der Waals surface area contributed by atoms with Gasteiger partial charge in [-0.3, -0.25) is 0 Å². The molecule has 0 bridgehead atoms. The van der Waals surface area contributed by atoms with Crippen LogP contribution in [0.5, 0.6) is 0 Å². The molecule has 0 saturated carbocycles. The van der Waals surface area contributed by atoms with Gasteiger partial charge in [0, 0.05) is 31.1 Å². The summed E-state index contributed by atoms with van der Waals surface area (Å²) in [5, 5.41) is 2.12. The maximum Gasteiger partial charge on any atom is 0.0326 e. The zero-order valence-corrected chi connectivity index (χ0v) is 12.1. The summed E-state index contributed by atoms with van der Waals surface area (Å²) in [5.41, 5.74) is 7.81. The Morgan fingerprint density at radius 3 is 2.81 bits per heavy atom. The van der Waals surface area contributed by atoms with Crippen LogP contribution >= 0.6 is 39.0 Å². The van der Waals surface area contributed by atoms with Gasteiger partial charge in [0.05, 0.1) is 0 Å². The number of nitrogen functional groups attached to an aromatic ring is 1. The summed E-state index contributed by atoms with van der Waals surface area (Å²) in [7, 11) is 0. The van der Waals surface area contributed by atoms with Crippen LogP contribution in [0.2, 0.25) is 0 Å². The summed E-state index contributed by atoms with van der Waals surface area (Å²) in [5.74, 6) is 1.01. The highest BCUT2D eigenvalue weighted by Crippen LogP contribution is 2.30. The van der Waals surface area contributed by atoms with Gasteiger partial charge in [0.2, 0.25) is 0 Å². The first-order chi connectivity index (χ1) is 7.65. The summed E-state index contributed by atoms with van der Waals surface area (Å²) < 4.78 is 1.17. The number of rotatable bonds is 3. The van der Waals surface area contributed by atoms with E-state index in [2.05, 4.69) is 40.4 Å². The van der Waals surface area contributed by atoms with Crippen LogP contribution in [0.4, 0.5) is 5.69 Å². The monoisotopic (exact) mass is 313 g/mol. The lowest BCUT2D eigenvalue weighted by Gasteiger charge is -2.05. The van der Waals surface area contributed by atoms with Crippen LogP contribution < -0.4 is 5.73 Å². The van der Waals surface area contributed by atoms with Crippen molar-refractivity contribution in [2.24, 2.45) is 0 Å². The highest BCUT2D eigenvalue weighted by atomic mass is 79.9. The molecule has 0 aliphatic heterocycles. The van der Waals surface area contributed by atoms with Crippen LogP contribution in [0.1, 0.15) is 10.4 Å². The Morgan fingerprint density at radius 2 is 2.19 bits per heavy atom. The van der Waals surface area contributed by atoms with Crippen molar-refractivity contribution >= 4 is 44.7 Å². The fourth-order valence-electron chi connectivity index (χ4n) is 1.41. The molecule has 0 amide bonds. The molecule has 1 aromatic carbocycles. The van der Waals surface area contributed by atoms with Gasteiger partial charge >= 0.3 is 0 Å². The molecule has 0 radical (unpaired) electrons. The Bertz CT molecular complexity index is 494. The zero-order valence-electron chi connectivity index (χ0n) is 8.87. The van der Waals surface area contributed by atoms with Crippen molar-refractivity contribution in [1.82, 2.24) is 0 Å². The molecule has 0 aliphatic carbocycles. The fourth-order valence-corrected chi connectivity index (χ4v) is 3.93. The molecule has 84 valence electrons. The van der Waals surface area contributed by atoms with Gasteiger partial charge in [0.15, 0.2) is 0 Å². The van der Waals surface area contributed by atoms with Crippen LogP contribution in [0.3, 0.4) is 0 Å². The van der Waals surface area contributed by atoms with Gasteiger partial charge < -0.3 is 5.73 Å². The maximum absolute atomic E-state index is 5.72. The fraction of sp³-hybridized carbons (Fsp3) is 0.167. The summed E-state index contributed by atoms with van der Waals surface area (Å²) in [6, 6.07) is 8.24. The minimum absolute atomic E-state index is 0.834. The minimum Gasteiger partial charge on any atom is -0.399 e. The van der Waals surface area contributed by atoms with E-state index in [1.165, 1.54) is 19.8 Å².